The minimum atomic E-state index is 0.810. The first-order valence-electron chi connectivity index (χ1n) is 11.4. The third-order valence-electron chi connectivity index (χ3n) is 5.20. The Labute approximate surface area is 195 Å². The van der Waals surface area contributed by atoms with Crippen molar-refractivity contribution in [3.63, 3.8) is 0 Å². The molecule has 0 atom stereocenters. The van der Waals surface area contributed by atoms with Gasteiger partial charge in [-0.3, -0.25) is 4.98 Å². The highest BCUT2D eigenvalue weighted by atomic mass is 35.5. The van der Waals surface area contributed by atoms with Gasteiger partial charge in [0, 0.05) is 17.4 Å². The van der Waals surface area contributed by atoms with Crippen molar-refractivity contribution in [2.75, 3.05) is 0 Å². The summed E-state index contributed by atoms with van der Waals surface area (Å²) in [5.74, 6) is 1.10. The highest BCUT2D eigenvalue weighted by Crippen LogP contribution is 2.26. The first kappa shape index (κ1) is 26.7. The number of nitrogens with zero attached hydrogens (tertiary/aromatic N) is 1. The average Bonchev–Trinajstić information content (AvgIpc) is 3.35. The van der Waals surface area contributed by atoms with E-state index >= 15 is 0 Å². The average molecular weight is 436 g/mol. The number of aromatic nitrogens is 1. The summed E-state index contributed by atoms with van der Waals surface area (Å²) in [6.45, 7) is 10.1. The number of benzene rings is 2. The number of hydrogen-bond donors (Lipinski definition) is 0. The Morgan fingerprint density at radius 3 is 2.03 bits per heavy atom. The summed E-state index contributed by atoms with van der Waals surface area (Å²) in [6, 6.07) is 21.8. The maximum Gasteiger partial charge on any atom is 0.0408 e. The van der Waals surface area contributed by atoms with Crippen LogP contribution in [0.25, 0.3) is 6.08 Å². The number of pyridine rings is 1. The highest BCUT2D eigenvalue weighted by Gasteiger charge is 2.11. The molecule has 0 spiro atoms. The molecular weight excluding hydrogens is 398 g/mol. The summed E-state index contributed by atoms with van der Waals surface area (Å²) in [7, 11) is 0. The van der Waals surface area contributed by atoms with Gasteiger partial charge in [-0.05, 0) is 54.2 Å². The maximum atomic E-state index is 5.64. The van der Waals surface area contributed by atoms with Crippen molar-refractivity contribution in [1.29, 1.82) is 0 Å². The van der Waals surface area contributed by atoms with Crippen molar-refractivity contribution in [3.05, 3.63) is 107 Å². The summed E-state index contributed by atoms with van der Waals surface area (Å²) in [6.07, 6.45) is 14.0. The molecule has 0 N–H and O–H groups in total. The van der Waals surface area contributed by atoms with Crippen LogP contribution in [0.5, 0.6) is 0 Å². The van der Waals surface area contributed by atoms with Gasteiger partial charge in [0.2, 0.25) is 0 Å². The predicted octanol–water partition coefficient (Wildman–Crippen LogP) is 9.21. The standard InChI is InChI=1S/C8H8.C7H7Cl.C7H9N.C7H14/c1-2-8-6-4-3-5-7-8;1-6-3-2-4-7(8)5-6;1-2-7-4-3-5-8-6-7;1-2-7-5-3-4-6-7/h2-7H,1H2;2-5H,1H3;3-6H,2H2,1H3;7H,2-6H2,1H3. The van der Waals surface area contributed by atoms with Crippen LogP contribution in [-0.4, -0.2) is 4.98 Å². The zero-order chi connectivity index (χ0) is 22.7. The summed E-state index contributed by atoms with van der Waals surface area (Å²) >= 11 is 5.64. The number of rotatable bonds is 3. The van der Waals surface area contributed by atoms with Crippen LogP contribution in [-0.2, 0) is 6.42 Å². The molecule has 2 heteroatoms. The van der Waals surface area contributed by atoms with Gasteiger partial charge >= 0.3 is 0 Å². The molecule has 1 aromatic heterocycles. The fourth-order valence-electron chi connectivity index (χ4n) is 3.22. The van der Waals surface area contributed by atoms with Crippen molar-refractivity contribution in [3.8, 4) is 0 Å². The largest absolute Gasteiger partial charge is 0.264 e. The molecule has 1 saturated carbocycles. The quantitative estimate of drug-likeness (QED) is 0.399. The van der Waals surface area contributed by atoms with Crippen molar-refractivity contribution in [2.45, 2.75) is 59.3 Å². The predicted molar refractivity (Wildman–Crippen MR) is 139 cm³/mol. The number of halogens is 1. The fraction of sp³-hybridized carbons (Fsp3) is 0.345. The van der Waals surface area contributed by atoms with E-state index in [-0.39, 0.29) is 0 Å². The van der Waals surface area contributed by atoms with Crippen LogP contribution in [0, 0.1) is 12.8 Å². The lowest BCUT2D eigenvalue weighted by atomic mass is 10.1. The molecule has 4 rings (SSSR count). The minimum Gasteiger partial charge on any atom is -0.264 e. The van der Waals surface area contributed by atoms with Crippen molar-refractivity contribution < 1.29 is 0 Å². The molecule has 0 unspecified atom stereocenters. The summed E-state index contributed by atoms with van der Waals surface area (Å²) in [4.78, 5) is 3.96. The van der Waals surface area contributed by atoms with Gasteiger partial charge in [-0.2, -0.15) is 0 Å². The van der Waals surface area contributed by atoms with Gasteiger partial charge in [-0.25, -0.2) is 0 Å². The number of aryl methyl sites for hydroxylation is 2. The van der Waals surface area contributed by atoms with E-state index < -0.39 is 0 Å². The smallest absolute Gasteiger partial charge is 0.0408 e. The molecule has 1 heterocycles. The Hall–Kier alpha value is -2.38. The summed E-state index contributed by atoms with van der Waals surface area (Å²) < 4.78 is 0. The maximum absolute atomic E-state index is 5.64. The van der Waals surface area contributed by atoms with Crippen molar-refractivity contribution >= 4 is 17.7 Å². The molecular formula is C29H38ClN. The second-order valence-corrected chi connectivity index (χ2v) is 8.12. The summed E-state index contributed by atoms with van der Waals surface area (Å²) in [5, 5.41) is 0.810. The Balaban J connectivity index is 0.000000207. The Morgan fingerprint density at radius 2 is 1.68 bits per heavy atom. The molecule has 0 bridgehead atoms. The third-order valence-corrected chi connectivity index (χ3v) is 5.43. The lowest BCUT2D eigenvalue weighted by Gasteiger charge is -1.99. The topological polar surface area (TPSA) is 12.9 Å². The van der Waals surface area contributed by atoms with Gasteiger partial charge in [-0.1, -0.05) is 119 Å². The zero-order valence-corrected chi connectivity index (χ0v) is 20.2. The molecule has 166 valence electrons. The molecule has 0 aliphatic heterocycles. The number of hydrogen-bond acceptors (Lipinski definition) is 1. The SMILES string of the molecule is C=Cc1ccccc1.CCC1CCCC1.CCc1cccnc1.Cc1cccc(Cl)c1. The Morgan fingerprint density at radius 1 is 0.968 bits per heavy atom. The second-order valence-electron chi connectivity index (χ2n) is 7.69. The van der Waals surface area contributed by atoms with E-state index in [1.807, 2.05) is 79.9 Å². The van der Waals surface area contributed by atoms with Gasteiger partial charge < -0.3 is 0 Å². The molecule has 1 aliphatic carbocycles. The van der Waals surface area contributed by atoms with Crippen LogP contribution in [0.15, 0.2) is 85.7 Å². The first-order chi connectivity index (χ1) is 15.1. The lowest BCUT2D eigenvalue weighted by molar-refractivity contribution is 0.531. The monoisotopic (exact) mass is 435 g/mol. The van der Waals surface area contributed by atoms with Crippen LogP contribution in [0.1, 0.15) is 62.6 Å². The van der Waals surface area contributed by atoms with E-state index in [1.54, 1.807) is 6.20 Å². The summed E-state index contributed by atoms with van der Waals surface area (Å²) in [5.41, 5.74) is 3.68. The molecule has 31 heavy (non-hydrogen) atoms. The first-order valence-corrected chi connectivity index (χ1v) is 11.7. The van der Waals surface area contributed by atoms with E-state index in [9.17, 15) is 0 Å². The van der Waals surface area contributed by atoms with Crippen LogP contribution < -0.4 is 0 Å². The van der Waals surface area contributed by atoms with Gasteiger partial charge in [0.25, 0.3) is 0 Å². The molecule has 0 amide bonds. The molecule has 0 radical (unpaired) electrons. The molecule has 1 fully saturated rings. The molecule has 2 aromatic carbocycles. The minimum absolute atomic E-state index is 0.810. The van der Waals surface area contributed by atoms with E-state index in [2.05, 4.69) is 31.5 Å². The van der Waals surface area contributed by atoms with Crippen LogP contribution in [0.3, 0.4) is 0 Å². The molecule has 1 aliphatic rings. The lowest BCUT2D eigenvalue weighted by Crippen LogP contribution is -1.86. The van der Waals surface area contributed by atoms with E-state index in [0.29, 0.717) is 0 Å². The van der Waals surface area contributed by atoms with E-state index in [4.69, 9.17) is 11.6 Å². The van der Waals surface area contributed by atoms with Crippen molar-refractivity contribution in [1.82, 2.24) is 4.98 Å². The Kier molecular flexibility index (Phi) is 14.9. The zero-order valence-electron chi connectivity index (χ0n) is 19.4. The van der Waals surface area contributed by atoms with Gasteiger partial charge in [0.1, 0.15) is 0 Å². The van der Waals surface area contributed by atoms with Crippen LogP contribution in [0.4, 0.5) is 0 Å². The normalized spacial score (nSPS) is 12.3. The second kappa shape index (κ2) is 17.3. The van der Waals surface area contributed by atoms with Gasteiger partial charge in [0.05, 0.1) is 0 Å². The van der Waals surface area contributed by atoms with Crippen LogP contribution in [0.2, 0.25) is 5.02 Å². The van der Waals surface area contributed by atoms with E-state index in [0.717, 1.165) is 17.4 Å². The molecule has 0 saturated heterocycles. The van der Waals surface area contributed by atoms with E-state index in [1.165, 1.54) is 48.8 Å². The molecule has 1 nitrogen and oxygen atoms in total. The van der Waals surface area contributed by atoms with Crippen LogP contribution >= 0.6 is 11.6 Å². The fourth-order valence-corrected chi connectivity index (χ4v) is 3.47. The Bertz CT molecular complexity index is 791. The van der Waals surface area contributed by atoms with Gasteiger partial charge in [-0.15, -0.1) is 0 Å². The highest BCUT2D eigenvalue weighted by molar-refractivity contribution is 6.30. The van der Waals surface area contributed by atoms with Crippen molar-refractivity contribution in [2.24, 2.45) is 5.92 Å². The van der Waals surface area contributed by atoms with Gasteiger partial charge in [0.15, 0.2) is 0 Å². The third kappa shape index (κ3) is 13.5. The molecule has 3 aromatic rings.